The van der Waals surface area contributed by atoms with Crippen molar-refractivity contribution in [2.45, 2.75) is 25.1 Å². The van der Waals surface area contributed by atoms with E-state index in [4.69, 9.17) is 4.74 Å². The maximum absolute atomic E-state index is 13.1. The van der Waals surface area contributed by atoms with E-state index in [1.807, 2.05) is 0 Å². The molecule has 0 spiro atoms. The highest BCUT2D eigenvalue weighted by Gasteiger charge is 2.31. The van der Waals surface area contributed by atoms with E-state index < -0.39 is 17.8 Å². The molecule has 0 bridgehead atoms. The summed E-state index contributed by atoms with van der Waals surface area (Å²) >= 11 is 0. The van der Waals surface area contributed by atoms with Gasteiger partial charge in [-0.15, -0.1) is 0 Å². The second kappa shape index (κ2) is 7.41. The Morgan fingerprint density at radius 2 is 2.08 bits per heavy atom. The number of urea groups is 1. The van der Waals surface area contributed by atoms with Crippen molar-refractivity contribution in [1.29, 1.82) is 0 Å². The Morgan fingerprint density at radius 3 is 2.69 bits per heavy atom. The largest absolute Gasteiger partial charge is 0.416 e. The van der Waals surface area contributed by atoms with E-state index in [2.05, 4.69) is 5.32 Å². The van der Waals surface area contributed by atoms with Crippen molar-refractivity contribution in [3.8, 4) is 5.69 Å². The van der Waals surface area contributed by atoms with Crippen LogP contribution in [0.5, 0.6) is 0 Å². The topological polar surface area (TPSA) is 46.5 Å². The lowest BCUT2D eigenvalue weighted by Crippen LogP contribution is -2.37. The zero-order valence-electron chi connectivity index (χ0n) is 14.3. The van der Waals surface area contributed by atoms with Crippen LogP contribution in [0.15, 0.2) is 42.7 Å². The number of hydrogen-bond acceptors (Lipinski definition) is 2. The van der Waals surface area contributed by atoms with Crippen molar-refractivity contribution < 1.29 is 22.7 Å². The van der Waals surface area contributed by atoms with Gasteiger partial charge in [0.2, 0.25) is 0 Å². The van der Waals surface area contributed by atoms with Gasteiger partial charge in [0.05, 0.1) is 23.0 Å². The SMILES string of the molecule is CN(CC1CCCO1)C(=O)Nc1cc(C(F)(F)F)ccc1-n1cccc1. The molecule has 1 unspecified atom stereocenters. The Balaban J connectivity index is 1.82. The van der Waals surface area contributed by atoms with Crippen LogP contribution in [0.4, 0.5) is 23.7 Å². The second-order valence-electron chi connectivity index (χ2n) is 6.27. The molecule has 5 nitrogen and oxygen atoms in total. The number of aromatic nitrogens is 1. The summed E-state index contributed by atoms with van der Waals surface area (Å²) in [7, 11) is 1.60. The van der Waals surface area contributed by atoms with Gasteiger partial charge in [-0.05, 0) is 43.2 Å². The maximum Gasteiger partial charge on any atom is 0.416 e. The predicted octanol–water partition coefficient (Wildman–Crippen LogP) is 4.14. The molecule has 0 radical (unpaired) electrons. The lowest BCUT2D eigenvalue weighted by atomic mass is 10.1. The summed E-state index contributed by atoms with van der Waals surface area (Å²) < 4.78 is 46.3. The van der Waals surface area contributed by atoms with Gasteiger partial charge in [-0.3, -0.25) is 0 Å². The standard InChI is InChI=1S/C18H20F3N3O2/c1-23(12-14-5-4-10-26-14)17(25)22-15-11-13(18(19,20)21)6-7-16(15)24-8-2-3-9-24/h2-3,6-9,11,14H,4-5,10,12H2,1H3,(H,22,25). The summed E-state index contributed by atoms with van der Waals surface area (Å²) in [4.78, 5) is 13.9. The van der Waals surface area contributed by atoms with E-state index in [1.165, 1.54) is 11.0 Å². The molecule has 1 aliphatic heterocycles. The van der Waals surface area contributed by atoms with Gasteiger partial charge in [0, 0.05) is 32.6 Å². The molecule has 3 rings (SSSR count). The first-order chi connectivity index (χ1) is 12.3. The summed E-state index contributed by atoms with van der Waals surface area (Å²) in [5, 5.41) is 2.60. The van der Waals surface area contributed by atoms with Crippen LogP contribution >= 0.6 is 0 Å². The minimum atomic E-state index is -4.49. The van der Waals surface area contributed by atoms with Crippen molar-refractivity contribution in [2.75, 3.05) is 25.5 Å². The highest BCUT2D eigenvalue weighted by atomic mass is 19.4. The van der Waals surface area contributed by atoms with E-state index in [-0.39, 0.29) is 11.8 Å². The number of rotatable bonds is 4. The lowest BCUT2D eigenvalue weighted by Gasteiger charge is -2.22. The molecule has 0 aliphatic carbocycles. The van der Waals surface area contributed by atoms with Crippen molar-refractivity contribution >= 4 is 11.7 Å². The van der Waals surface area contributed by atoms with Crippen molar-refractivity contribution in [3.63, 3.8) is 0 Å². The quantitative estimate of drug-likeness (QED) is 0.883. The third-order valence-corrected chi connectivity index (χ3v) is 4.30. The molecule has 1 aliphatic rings. The van der Waals surface area contributed by atoms with Crippen LogP contribution in [0.25, 0.3) is 5.69 Å². The molecule has 1 fully saturated rings. The van der Waals surface area contributed by atoms with E-state index in [1.54, 1.807) is 36.1 Å². The number of amides is 2. The van der Waals surface area contributed by atoms with Crippen molar-refractivity contribution in [3.05, 3.63) is 48.3 Å². The molecule has 140 valence electrons. The summed E-state index contributed by atoms with van der Waals surface area (Å²) in [5.74, 6) is 0. The molecule has 1 aromatic heterocycles. The molecule has 2 heterocycles. The van der Waals surface area contributed by atoms with Crippen LogP contribution in [0.1, 0.15) is 18.4 Å². The normalized spacial score (nSPS) is 17.3. The number of carbonyl (C=O) groups is 1. The van der Waals surface area contributed by atoms with Crippen molar-refractivity contribution in [2.24, 2.45) is 0 Å². The number of nitrogens with one attached hydrogen (secondary N) is 1. The smallest absolute Gasteiger partial charge is 0.376 e. The number of hydrogen-bond donors (Lipinski definition) is 1. The summed E-state index contributed by atoms with van der Waals surface area (Å²) in [5.41, 5.74) is -0.257. The fourth-order valence-electron chi connectivity index (χ4n) is 2.92. The van der Waals surface area contributed by atoms with E-state index in [9.17, 15) is 18.0 Å². The molecule has 2 amide bonds. The third kappa shape index (κ3) is 4.19. The number of carbonyl (C=O) groups excluding carboxylic acids is 1. The number of likely N-dealkylation sites (N-methyl/N-ethyl adjacent to an activating group) is 1. The van der Waals surface area contributed by atoms with Crippen LogP contribution in [0.2, 0.25) is 0 Å². The Kier molecular flexibility index (Phi) is 5.22. The van der Waals surface area contributed by atoms with Gasteiger partial charge in [0.25, 0.3) is 0 Å². The molecule has 1 aromatic carbocycles. The van der Waals surface area contributed by atoms with Gasteiger partial charge in [-0.1, -0.05) is 0 Å². The number of nitrogens with zero attached hydrogens (tertiary/aromatic N) is 2. The molecule has 8 heteroatoms. The molecular weight excluding hydrogens is 347 g/mol. The highest BCUT2D eigenvalue weighted by molar-refractivity contribution is 5.91. The molecule has 0 saturated carbocycles. The first kappa shape index (κ1) is 18.3. The summed E-state index contributed by atoms with van der Waals surface area (Å²) in [6, 6.07) is 6.33. The number of anilines is 1. The lowest BCUT2D eigenvalue weighted by molar-refractivity contribution is -0.137. The minimum absolute atomic E-state index is 0.0313. The Hall–Kier alpha value is -2.48. The van der Waals surface area contributed by atoms with Gasteiger partial charge in [0.1, 0.15) is 0 Å². The average molecular weight is 367 g/mol. The van der Waals surface area contributed by atoms with Crippen LogP contribution < -0.4 is 5.32 Å². The molecule has 1 atom stereocenters. The minimum Gasteiger partial charge on any atom is -0.376 e. The van der Waals surface area contributed by atoms with Crippen molar-refractivity contribution in [1.82, 2.24) is 9.47 Å². The summed E-state index contributed by atoms with van der Waals surface area (Å²) in [6.07, 6.45) is 0.707. The van der Waals surface area contributed by atoms with E-state index >= 15 is 0 Å². The number of halogens is 3. The Bertz CT molecular complexity index is 754. The van der Waals surface area contributed by atoms with Crippen LogP contribution in [0.3, 0.4) is 0 Å². The highest BCUT2D eigenvalue weighted by Crippen LogP contribution is 2.33. The first-order valence-electron chi connectivity index (χ1n) is 8.33. The molecule has 1 saturated heterocycles. The first-order valence-corrected chi connectivity index (χ1v) is 8.33. The van der Waals surface area contributed by atoms with E-state index in [0.29, 0.717) is 18.8 Å². The monoisotopic (exact) mass is 367 g/mol. The Labute approximate surface area is 149 Å². The zero-order valence-corrected chi connectivity index (χ0v) is 14.3. The zero-order chi connectivity index (χ0) is 18.7. The van der Waals surface area contributed by atoms with E-state index in [0.717, 1.165) is 25.0 Å². The Morgan fingerprint density at radius 1 is 1.35 bits per heavy atom. The molecule has 26 heavy (non-hydrogen) atoms. The molecular formula is C18H20F3N3O2. The van der Waals surface area contributed by atoms with Gasteiger partial charge >= 0.3 is 12.2 Å². The average Bonchev–Trinajstić information content (AvgIpc) is 3.27. The predicted molar refractivity (Wildman–Crippen MR) is 91.4 cm³/mol. The molecule has 2 aromatic rings. The fourth-order valence-corrected chi connectivity index (χ4v) is 2.92. The number of alkyl halides is 3. The number of ether oxygens (including phenoxy) is 1. The fraction of sp³-hybridized carbons (Fsp3) is 0.389. The van der Waals surface area contributed by atoms with Gasteiger partial charge in [-0.2, -0.15) is 13.2 Å². The van der Waals surface area contributed by atoms with Gasteiger partial charge < -0.3 is 19.5 Å². The van der Waals surface area contributed by atoms with Gasteiger partial charge in [-0.25, -0.2) is 4.79 Å². The maximum atomic E-state index is 13.1. The third-order valence-electron chi connectivity index (χ3n) is 4.30. The summed E-state index contributed by atoms with van der Waals surface area (Å²) in [6.45, 7) is 1.06. The van der Waals surface area contributed by atoms with Crippen LogP contribution in [0, 0.1) is 0 Å². The van der Waals surface area contributed by atoms with Gasteiger partial charge in [0.15, 0.2) is 0 Å². The second-order valence-corrected chi connectivity index (χ2v) is 6.27. The molecule has 1 N–H and O–H groups in total. The van der Waals surface area contributed by atoms with Crippen LogP contribution in [-0.4, -0.2) is 41.8 Å². The number of benzene rings is 1. The van der Waals surface area contributed by atoms with Crippen LogP contribution in [-0.2, 0) is 10.9 Å².